The van der Waals surface area contributed by atoms with Gasteiger partial charge in [-0.15, -0.1) is 0 Å². The first kappa shape index (κ1) is 24.8. The Kier molecular flexibility index (Phi) is 6.48. The molecule has 2 fully saturated rings. The van der Waals surface area contributed by atoms with Crippen LogP contribution in [0.15, 0.2) is 54.6 Å². The maximum atomic E-state index is 13.9. The summed E-state index contributed by atoms with van der Waals surface area (Å²) >= 11 is 0. The Morgan fingerprint density at radius 1 is 1.03 bits per heavy atom. The van der Waals surface area contributed by atoms with Crippen molar-refractivity contribution in [2.45, 2.75) is 18.2 Å². The smallest absolute Gasteiger partial charge is 0.450 e. The number of aliphatic hydroxyl groups excluding tert-OH is 1. The van der Waals surface area contributed by atoms with Gasteiger partial charge in [0.1, 0.15) is 11.8 Å². The number of amides is 3. The Hall–Kier alpha value is -4.29. The van der Waals surface area contributed by atoms with E-state index in [0.717, 1.165) is 4.90 Å². The largest absolute Gasteiger partial charge is 0.507 e. The van der Waals surface area contributed by atoms with Crippen LogP contribution >= 0.6 is 0 Å². The number of aliphatic hydroxyl groups is 1. The van der Waals surface area contributed by atoms with Crippen molar-refractivity contribution in [3.05, 3.63) is 65.7 Å². The second-order valence-corrected chi connectivity index (χ2v) is 8.57. The number of rotatable bonds is 8. The SMILES string of the molecule is N=C(N)c1ccc(C2(OC(=O)O)C3C(=O)N(c4ccccc4)C(=O)C3C(CO)N2CCC(N)=O)cc1. The Balaban J connectivity index is 1.95. The number of carbonyl (C=O) groups is 4. The van der Waals surface area contributed by atoms with E-state index in [4.69, 9.17) is 21.6 Å². The van der Waals surface area contributed by atoms with Gasteiger partial charge in [0, 0.05) is 30.1 Å². The van der Waals surface area contributed by atoms with Crippen LogP contribution in [0.4, 0.5) is 10.5 Å². The first-order valence-electron chi connectivity index (χ1n) is 11.1. The van der Waals surface area contributed by atoms with Crippen molar-refractivity contribution in [1.29, 1.82) is 5.41 Å². The van der Waals surface area contributed by atoms with Gasteiger partial charge in [0.2, 0.25) is 23.4 Å². The summed E-state index contributed by atoms with van der Waals surface area (Å²) in [6, 6.07) is 12.9. The minimum Gasteiger partial charge on any atom is -0.450 e. The lowest BCUT2D eigenvalue weighted by atomic mass is 9.83. The summed E-state index contributed by atoms with van der Waals surface area (Å²) in [7, 11) is 0. The number of likely N-dealkylation sites (tertiary alicyclic amines) is 1. The van der Waals surface area contributed by atoms with Crippen LogP contribution < -0.4 is 16.4 Å². The van der Waals surface area contributed by atoms with Crippen LogP contribution in [0.25, 0.3) is 0 Å². The van der Waals surface area contributed by atoms with Gasteiger partial charge in [0.15, 0.2) is 0 Å². The molecule has 2 aliphatic heterocycles. The molecular formula is C24H25N5O7. The highest BCUT2D eigenvalue weighted by Crippen LogP contribution is 2.55. The van der Waals surface area contributed by atoms with Gasteiger partial charge in [-0.2, -0.15) is 0 Å². The van der Waals surface area contributed by atoms with Crippen molar-refractivity contribution < 1.29 is 34.1 Å². The molecule has 4 atom stereocenters. The first-order chi connectivity index (χ1) is 17.1. The number of imide groups is 1. The van der Waals surface area contributed by atoms with Gasteiger partial charge in [0.25, 0.3) is 0 Å². The summed E-state index contributed by atoms with van der Waals surface area (Å²) in [4.78, 5) is 53.5. The Morgan fingerprint density at radius 2 is 1.67 bits per heavy atom. The number of fused-ring (bicyclic) bond motifs is 1. The van der Waals surface area contributed by atoms with Crippen molar-refractivity contribution >= 4 is 35.4 Å². The quantitative estimate of drug-likeness (QED) is 0.147. The third-order valence-corrected chi connectivity index (χ3v) is 6.67. The number of nitrogen functional groups attached to an aromatic ring is 1. The molecule has 2 aromatic rings. The summed E-state index contributed by atoms with van der Waals surface area (Å²) < 4.78 is 5.47. The van der Waals surface area contributed by atoms with Crippen molar-refractivity contribution in [3.8, 4) is 0 Å². The minimum atomic E-state index is -2.08. The summed E-state index contributed by atoms with van der Waals surface area (Å²) in [5.41, 5.74) is 9.61. The number of carboxylic acid groups (broad SMARTS) is 1. The van der Waals surface area contributed by atoms with E-state index in [1.165, 1.54) is 29.2 Å². The van der Waals surface area contributed by atoms with Crippen LogP contribution in [0.5, 0.6) is 0 Å². The van der Waals surface area contributed by atoms with Crippen LogP contribution in [0.2, 0.25) is 0 Å². The van der Waals surface area contributed by atoms with Crippen LogP contribution in [0.3, 0.4) is 0 Å². The maximum Gasteiger partial charge on any atom is 0.507 e. The normalized spacial score (nSPS) is 25.6. The van der Waals surface area contributed by atoms with E-state index in [1.54, 1.807) is 30.3 Å². The molecule has 0 spiro atoms. The molecule has 7 N–H and O–H groups in total. The number of amidine groups is 1. The van der Waals surface area contributed by atoms with Gasteiger partial charge in [-0.05, 0) is 12.1 Å². The molecule has 4 unspecified atom stereocenters. The van der Waals surface area contributed by atoms with E-state index in [9.17, 15) is 29.4 Å². The molecule has 0 bridgehead atoms. The van der Waals surface area contributed by atoms with E-state index >= 15 is 0 Å². The Bertz CT molecular complexity index is 1220. The van der Waals surface area contributed by atoms with Gasteiger partial charge in [-0.1, -0.05) is 42.5 Å². The number of ether oxygens (including phenoxy) is 1. The molecule has 12 nitrogen and oxygen atoms in total. The highest BCUT2D eigenvalue weighted by molar-refractivity contribution is 6.23. The number of primary amides is 1. The van der Waals surface area contributed by atoms with Gasteiger partial charge in [0.05, 0.1) is 18.2 Å². The van der Waals surface area contributed by atoms with E-state index in [1.807, 2.05) is 0 Å². The van der Waals surface area contributed by atoms with Crippen molar-refractivity contribution in [3.63, 3.8) is 0 Å². The fourth-order valence-corrected chi connectivity index (χ4v) is 5.26. The van der Waals surface area contributed by atoms with E-state index in [0.29, 0.717) is 11.3 Å². The molecule has 0 radical (unpaired) electrons. The van der Waals surface area contributed by atoms with Crippen LogP contribution in [-0.2, 0) is 24.8 Å². The molecule has 36 heavy (non-hydrogen) atoms. The molecule has 3 amide bonds. The molecule has 2 aromatic carbocycles. The molecule has 2 saturated heterocycles. The average Bonchev–Trinajstić information content (AvgIpc) is 3.27. The summed E-state index contributed by atoms with van der Waals surface area (Å²) in [6.45, 7) is -0.820. The summed E-state index contributed by atoms with van der Waals surface area (Å²) in [6.07, 6.45) is -1.98. The van der Waals surface area contributed by atoms with E-state index < -0.39 is 54.1 Å². The molecule has 12 heteroatoms. The topological polar surface area (TPSA) is 200 Å². The molecule has 2 heterocycles. The minimum absolute atomic E-state index is 0.168. The van der Waals surface area contributed by atoms with Gasteiger partial charge < -0.3 is 26.4 Å². The molecule has 0 saturated carbocycles. The molecule has 0 aliphatic carbocycles. The average molecular weight is 495 g/mol. The number of carbonyl (C=O) groups excluding carboxylic acids is 3. The summed E-state index contributed by atoms with van der Waals surface area (Å²) in [5, 5.41) is 27.8. The van der Waals surface area contributed by atoms with Crippen molar-refractivity contribution in [2.24, 2.45) is 23.3 Å². The fourth-order valence-electron chi connectivity index (χ4n) is 5.26. The number of nitrogens with one attached hydrogen (secondary N) is 1. The Morgan fingerprint density at radius 3 is 2.19 bits per heavy atom. The highest BCUT2D eigenvalue weighted by Gasteiger charge is 2.71. The number of anilines is 1. The third-order valence-electron chi connectivity index (χ3n) is 6.67. The zero-order valence-corrected chi connectivity index (χ0v) is 19.0. The molecular weight excluding hydrogens is 470 g/mol. The number of hydrogen-bond acceptors (Lipinski definition) is 8. The predicted octanol–water partition coefficient (Wildman–Crippen LogP) is 0.176. The van der Waals surface area contributed by atoms with Gasteiger partial charge in [-0.25, -0.2) is 9.69 Å². The number of hydrogen-bond donors (Lipinski definition) is 5. The lowest BCUT2D eigenvalue weighted by Crippen LogP contribution is -2.55. The van der Waals surface area contributed by atoms with E-state index in [2.05, 4.69) is 0 Å². The van der Waals surface area contributed by atoms with Crippen LogP contribution in [0, 0.1) is 17.2 Å². The number of nitrogens with two attached hydrogens (primary N) is 2. The molecule has 2 aliphatic rings. The zero-order chi connectivity index (χ0) is 26.2. The van der Waals surface area contributed by atoms with E-state index in [-0.39, 0.29) is 24.4 Å². The second-order valence-electron chi connectivity index (χ2n) is 8.57. The Labute approximate surface area is 205 Å². The maximum absolute atomic E-state index is 13.9. The first-order valence-corrected chi connectivity index (χ1v) is 11.1. The third kappa shape index (κ3) is 3.85. The number of nitrogens with zero attached hydrogens (tertiary/aromatic N) is 2. The highest BCUT2D eigenvalue weighted by atomic mass is 16.7. The monoisotopic (exact) mass is 495 g/mol. The van der Waals surface area contributed by atoms with Gasteiger partial charge in [-0.3, -0.25) is 24.7 Å². The number of para-hydroxylation sites is 1. The predicted molar refractivity (Wildman–Crippen MR) is 126 cm³/mol. The molecule has 188 valence electrons. The van der Waals surface area contributed by atoms with Gasteiger partial charge >= 0.3 is 6.16 Å². The lowest BCUT2D eigenvalue weighted by molar-refractivity contribution is -0.160. The standard InChI is InChI=1S/C24H25N5O7/c25-17(31)10-11-28-16(12-30)18-19(22(33)29(21(18)32)15-4-2-1-3-5-15)24(28,36-23(34)35)14-8-6-13(7-9-14)20(26)27/h1-9,16,18-19,30H,10-12H2,(H2,25,31)(H3,26,27)(H,34,35). The fraction of sp³-hybridized carbons (Fsp3) is 0.292. The molecule has 4 rings (SSSR count). The summed E-state index contributed by atoms with van der Waals surface area (Å²) in [5.74, 6) is -4.84. The van der Waals surface area contributed by atoms with Crippen LogP contribution in [-0.4, -0.2) is 64.0 Å². The lowest BCUT2D eigenvalue weighted by Gasteiger charge is -2.42. The van der Waals surface area contributed by atoms with Crippen molar-refractivity contribution in [2.75, 3.05) is 18.1 Å². The second kappa shape index (κ2) is 9.40. The number of benzene rings is 2. The molecule has 0 aromatic heterocycles. The van der Waals surface area contributed by atoms with Crippen LogP contribution in [0.1, 0.15) is 17.5 Å². The zero-order valence-electron chi connectivity index (χ0n) is 19.0. The van der Waals surface area contributed by atoms with Crippen molar-refractivity contribution in [1.82, 2.24) is 4.90 Å².